The van der Waals surface area contributed by atoms with E-state index in [4.69, 9.17) is 5.11 Å². The number of nitrogens with zero attached hydrogens (tertiary/aromatic N) is 1. The van der Waals surface area contributed by atoms with Gasteiger partial charge in [-0.25, -0.2) is 0 Å². The number of amides is 1. The van der Waals surface area contributed by atoms with Gasteiger partial charge < -0.3 is 10.0 Å². The Morgan fingerprint density at radius 1 is 1.35 bits per heavy atom. The van der Waals surface area contributed by atoms with Crippen LogP contribution in [0.1, 0.15) is 24.5 Å². The van der Waals surface area contributed by atoms with Gasteiger partial charge in [-0.05, 0) is 30.4 Å². The van der Waals surface area contributed by atoms with Crippen molar-refractivity contribution in [2.45, 2.75) is 26.7 Å². The highest BCUT2D eigenvalue weighted by Gasteiger charge is 2.32. The van der Waals surface area contributed by atoms with Crippen LogP contribution in [0.5, 0.6) is 0 Å². The van der Waals surface area contributed by atoms with E-state index in [1.165, 1.54) is 0 Å². The molecule has 0 bridgehead atoms. The van der Waals surface area contributed by atoms with Crippen molar-refractivity contribution < 1.29 is 14.7 Å². The van der Waals surface area contributed by atoms with E-state index in [0.717, 1.165) is 11.1 Å². The number of carbonyl (C=O) groups is 2. The van der Waals surface area contributed by atoms with Crippen molar-refractivity contribution in [3.05, 3.63) is 35.4 Å². The largest absolute Gasteiger partial charge is 0.481 e. The molecule has 1 heterocycles. The summed E-state index contributed by atoms with van der Waals surface area (Å²) >= 11 is 0. The normalized spacial score (nSPS) is 22.6. The van der Waals surface area contributed by atoms with Crippen molar-refractivity contribution >= 4 is 11.9 Å². The number of hydrogen-bond acceptors (Lipinski definition) is 2. The van der Waals surface area contributed by atoms with Crippen molar-refractivity contribution in [1.29, 1.82) is 0 Å². The summed E-state index contributed by atoms with van der Waals surface area (Å²) in [5.41, 5.74) is 2.17. The van der Waals surface area contributed by atoms with Crippen LogP contribution in [0.4, 0.5) is 0 Å². The molecule has 1 amide bonds. The van der Waals surface area contributed by atoms with E-state index in [-0.39, 0.29) is 17.7 Å². The average molecular weight is 275 g/mol. The number of hydrogen-bond donors (Lipinski definition) is 1. The molecule has 0 saturated carbocycles. The lowest BCUT2D eigenvalue weighted by Gasteiger charge is -2.35. The van der Waals surface area contributed by atoms with E-state index in [2.05, 4.69) is 0 Å². The lowest BCUT2D eigenvalue weighted by molar-refractivity contribution is -0.148. The van der Waals surface area contributed by atoms with Gasteiger partial charge in [0.05, 0.1) is 12.3 Å². The van der Waals surface area contributed by atoms with Crippen molar-refractivity contribution in [3.8, 4) is 0 Å². The smallest absolute Gasteiger partial charge is 0.306 e. The molecule has 1 aliphatic heterocycles. The van der Waals surface area contributed by atoms with Gasteiger partial charge in [-0.2, -0.15) is 0 Å². The summed E-state index contributed by atoms with van der Waals surface area (Å²) in [5.74, 6) is -0.960. The molecule has 2 rings (SSSR count). The molecule has 1 fully saturated rings. The topological polar surface area (TPSA) is 57.6 Å². The summed E-state index contributed by atoms with van der Waals surface area (Å²) in [6.45, 7) is 5.00. The number of rotatable bonds is 3. The van der Waals surface area contributed by atoms with Crippen LogP contribution in [0.3, 0.4) is 0 Å². The summed E-state index contributed by atoms with van der Waals surface area (Å²) in [4.78, 5) is 25.2. The Balaban J connectivity index is 1.98. The monoisotopic (exact) mass is 275 g/mol. The number of likely N-dealkylation sites (tertiary alicyclic amines) is 1. The predicted octanol–water partition coefficient (Wildman–Crippen LogP) is 2.11. The Labute approximate surface area is 119 Å². The Hall–Kier alpha value is -1.84. The van der Waals surface area contributed by atoms with E-state index < -0.39 is 5.97 Å². The van der Waals surface area contributed by atoms with Crippen LogP contribution < -0.4 is 0 Å². The van der Waals surface area contributed by atoms with Crippen LogP contribution in [0.15, 0.2) is 24.3 Å². The minimum Gasteiger partial charge on any atom is -0.481 e. The third-order valence-corrected chi connectivity index (χ3v) is 4.18. The molecule has 0 aromatic heterocycles. The molecule has 2 atom stereocenters. The number of aliphatic carboxylic acids is 1. The summed E-state index contributed by atoms with van der Waals surface area (Å²) in [7, 11) is 0. The fraction of sp³-hybridized carbons (Fsp3) is 0.500. The third-order valence-electron chi connectivity index (χ3n) is 4.18. The second-order valence-electron chi connectivity index (χ2n) is 5.65. The molecular formula is C16H21NO3. The lowest BCUT2D eigenvalue weighted by Crippen LogP contribution is -2.45. The van der Waals surface area contributed by atoms with Crippen LogP contribution in [-0.2, 0) is 16.0 Å². The highest BCUT2D eigenvalue weighted by atomic mass is 16.4. The molecule has 2 unspecified atom stereocenters. The van der Waals surface area contributed by atoms with Gasteiger partial charge in [0.25, 0.3) is 0 Å². The zero-order valence-corrected chi connectivity index (χ0v) is 12.0. The standard InChI is InChI=1S/C16H21NO3/c1-11-5-3-4-6-13(11)9-15(18)17-8-7-14(16(19)20)12(2)10-17/h3-6,12,14H,7-10H2,1-2H3,(H,19,20). The van der Waals surface area contributed by atoms with E-state index in [0.29, 0.717) is 25.9 Å². The molecule has 1 N–H and O–H groups in total. The summed E-state index contributed by atoms with van der Waals surface area (Å²) in [5, 5.41) is 9.10. The van der Waals surface area contributed by atoms with Gasteiger partial charge >= 0.3 is 5.97 Å². The number of carbonyl (C=O) groups excluding carboxylic acids is 1. The quantitative estimate of drug-likeness (QED) is 0.919. The fourth-order valence-corrected chi connectivity index (χ4v) is 2.82. The first-order chi connectivity index (χ1) is 9.49. The SMILES string of the molecule is Cc1ccccc1CC(=O)N1CCC(C(=O)O)C(C)C1. The first kappa shape index (κ1) is 14.6. The second-order valence-corrected chi connectivity index (χ2v) is 5.65. The van der Waals surface area contributed by atoms with Crippen LogP contribution in [-0.4, -0.2) is 35.0 Å². The molecule has 1 saturated heterocycles. The van der Waals surface area contributed by atoms with Crippen molar-refractivity contribution in [2.24, 2.45) is 11.8 Å². The molecule has 1 aromatic carbocycles. The maximum absolute atomic E-state index is 12.3. The second kappa shape index (κ2) is 6.07. The molecule has 108 valence electrons. The average Bonchev–Trinajstić information content (AvgIpc) is 2.40. The highest BCUT2D eigenvalue weighted by Crippen LogP contribution is 2.24. The Morgan fingerprint density at radius 2 is 2.05 bits per heavy atom. The van der Waals surface area contributed by atoms with E-state index in [1.54, 1.807) is 4.90 Å². The number of carboxylic acids is 1. The first-order valence-corrected chi connectivity index (χ1v) is 7.04. The minimum atomic E-state index is -0.747. The molecule has 4 heteroatoms. The Bertz CT molecular complexity index is 512. The maximum atomic E-state index is 12.3. The molecule has 1 aliphatic rings. The molecule has 0 radical (unpaired) electrons. The maximum Gasteiger partial charge on any atom is 0.306 e. The summed E-state index contributed by atoms with van der Waals surface area (Å²) in [6, 6.07) is 7.88. The van der Waals surface area contributed by atoms with E-state index in [1.807, 2.05) is 38.1 Å². The van der Waals surface area contributed by atoms with Crippen LogP contribution in [0.2, 0.25) is 0 Å². The lowest BCUT2D eigenvalue weighted by atomic mass is 9.87. The van der Waals surface area contributed by atoms with Gasteiger partial charge in [0.15, 0.2) is 0 Å². The number of carboxylic acid groups (broad SMARTS) is 1. The summed E-state index contributed by atoms with van der Waals surface area (Å²) < 4.78 is 0. The highest BCUT2D eigenvalue weighted by molar-refractivity contribution is 5.79. The van der Waals surface area contributed by atoms with Gasteiger partial charge in [0.2, 0.25) is 5.91 Å². The summed E-state index contributed by atoms with van der Waals surface area (Å²) in [6.07, 6.45) is 0.952. The predicted molar refractivity (Wildman–Crippen MR) is 76.4 cm³/mol. The molecule has 0 spiro atoms. The van der Waals surface area contributed by atoms with Gasteiger partial charge in [-0.1, -0.05) is 31.2 Å². The molecular weight excluding hydrogens is 254 g/mol. The molecule has 0 aliphatic carbocycles. The minimum absolute atomic E-state index is 0.0158. The zero-order valence-electron chi connectivity index (χ0n) is 12.0. The molecule has 20 heavy (non-hydrogen) atoms. The van der Waals surface area contributed by atoms with Crippen molar-refractivity contribution in [2.75, 3.05) is 13.1 Å². The van der Waals surface area contributed by atoms with Crippen molar-refractivity contribution in [3.63, 3.8) is 0 Å². The van der Waals surface area contributed by atoms with Gasteiger partial charge in [-0.3, -0.25) is 9.59 Å². The van der Waals surface area contributed by atoms with Gasteiger partial charge in [0, 0.05) is 13.1 Å². The van der Waals surface area contributed by atoms with Crippen LogP contribution in [0.25, 0.3) is 0 Å². The molecule has 4 nitrogen and oxygen atoms in total. The van der Waals surface area contributed by atoms with Gasteiger partial charge in [-0.15, -0.1) is 0 Å². The van der Waals surface area contributed by atoms with Crippen molar-refractivity contribution in [1.82, 2.24) is 4.90 Å². The van der Waals surface area contributed by atoms with Crippen LogP contribution in [0, 0.1) is 18.8 Å². The first-order valence-electron chi connectivity index (χ1n) is 7.04. The van der Waals surface area contributed by atoms with Crippen LogP contribution >= 0.6 is 0 Å². The number of benzene rings is 1. The van der Waals surface area contributed by atoms with E-state index in [9.17, 15) is 9.59 Å². The Morgan fingerprint density at radius 3 is 2.65 bits per heavy atom. The number of piperidine rings is 1. The van der Waals surface area contributed by atoms with Gasteiger partial charge in [0.1, 0.15) is 0 Å². The zero-order chi connectivity index (χ0) is 14.7. The van der Waals surface area contributed by atoms with E-state index >= 15 is 0 Å². The molecule has 1 aromatic rings. The third kappa shape index (κ3) is 3.18. The Kier molecular flexibility index (Phi) is 4.42. The fourth-order valence-electron chi connectivity index (χ4n) is 2.82. The number of aryl methyl sites for hydroxylation is 1.